The quantitative estimate of drug-likeness (QED) is 0.892. The largest absolute Gasteiger partial charge is 0.382 e. The van der Waals surface area contributed by atoms with Gasteiger partial charge in [0.25, 0.3) is 0 Å². The van der Waals surface area contributed by atoms with Crippen molar-refractivity contribution < 1.29 is 4.39 Å². The molecule has 0 amide bonds. The molecule has 1 N–H and O–H groups in total. The van der Waals surface area contributed by atoms with E-state index in [-0.39, 0.29) is 5.82 Å². The van der Waals surface area contributed by atoms with Gasteiger partial charge in [0, 0.05) is 18.3 Å². The molecule has 2 unspecified atom stereocenters. The molecule has 19 heavy (non-hydrogen) atoms. The summed E-state index contributed by atoms with van der Waals surface area (Å²) in [6, 6.07) is 5.79. The lowest BCUT2D eigenvalue weighted by Gasteiger charge is -2.35. The second kappa shape index (κ2) is 6.38. The fraction of sp³-hybridized carbons (Fsp3) is 0.625. The fourth-order valence-corrected chi connectivity index (χ4v) is 2.85. The van der Waals surface area contributed by atoms with Gasteiger partial charge in [-0.1, -0.05) is 13.0 Å². The van der Waals surface area contributed by atoms with E-state index < -0.39 is 0 Å². The molecular formula is C16H25FN2. The number of halogens is 1. The van der Waals surface area contributed by atoms with Gasteiger partial charge in [0.15, 0.2) is 0 Å². The number of aryl methyl sites for hydroxylation is 1. The SMILES string of the molecule is CCN1CCCC(C(C)Nc2ccc(C)c(F)c2)C1. The van der Waals surface area contributed by atoms with Gasteiger partial charge >= 0.3 is 0 Å². The van der Waals surface area contributed by atoms with Gasteiger partial charge in [0.05, 0.1) is 0 Å². The van der Waals surface area contributed by atoms with E-state index in [1.807, 2.05) is 12.1 Å². The van der Waals surface area contributed by atoms with E-state index in [9.17, 15) is 4.39 Å². The minimum Gasteiger partial charge on any atom is -0.382 e. The molecule has 0 spiro atoms. The molecule has 2 nitrogen and oxygen atoms in total. The van der Waals surface area contributed by atoms with E-state index in [1.165, 1.54) is 19.4 Å². The van der Waals surface area contributed by atoms with Crippen LogP contribution in [0.15, 0.2) is 18.2 Å². The van der Waals surface area contributed by atoms with Crippen LogP contribution in [-0.4, -0.2) is 30.6 Å². The normalized spacial score (nSPS) is 22.2. The van der Waals surface area contributed by atoms with Crippen LogP contribution >= 0.6 is 0 Å². The highest BCUT2D eigenvalue weighted by atomic mass is 19.1. The van der Waals surface area contributed by atoms with Crippen LogP contribution in [-0.2, 0) is 0 Å². The first-order valence-electron chi connectivity index (χ1n) is 7.35. The fourth-order valence-electron chi connectivity index (χ4n) is 2.85. The van der Waals surface area contributed by atoms with Crippen LogP contribution in [0.25, 0.3) is 0 Å². The first-order valence-corrected chi connectivity index (χ1v) is 7.35. The molecule has 0 saturated carbocycles. The highest BCUT2D eigenvalue weighted by molar-refractivity contribution is 5.46. The Morgan fingerprint density at radius 3 is 2.95 bits per heavy atom. The van der Waals surface area contributed by atoms with Crippen molar-refractivity contribution >= 4 is 5.69 Å². The minimum atomic E-state index is -0.129. The topological polar surface area (TPSA) is 15.3 Å². The van der Waals surface area contributed by atoms with Crippen molar-refractivity contribution in [3.8, 4) is 0 Å². The second-order valence-corrected chi connectivity index (χ2v) is 5.69. The third-order valence-corrected chi connectivity index (χ3v) is 4.26. The van der Waals surface area contributed by atoms with Gasteiger partial charge in [0.2, 0.25) is 0 Å². The summed E-state index contributed by atoms with van der Waals surface area (Å²) >= 11 is 0. The average molecular weight is 264 g/mol. The first-order chi connectivity index (χ1) is 9.10. The third kappa shape index (κ3) is 3.69. The van der Waals surface area contributed by atoms with Crippen LogP contribution in [0.4, 0.5) is 10.1 Å². The van der Waals surface area contributed by atoms with E-state index in [2.05, 4.69) is 24.1 Å². The molecule has 0 aliphatic carbocycles. The predicted molar refractivity (Wildman–Crippen MR) is 79.1 cm³/mol. The minimum absolute atomic E-state index is 0.129. The molecule has 0 aromatic heterocycles. The average Bonchev–Trinajstić information content (AvgIpc) is 2.43. The van der Waals surface area contributed by atoms with Crippen molar-refractivity contribution in [2.45, 2.75) is 39.7 Å². The van der Waals surface area contributed by atoms with E-state index in [0.717, 1.165) is 18.8 Å². The molecule has 0 bridgehead atoms. The molecule has 2 atom stereocenters. The molecule has 1 aliphatic heterocycles. The van der Waals surface area contributed by atoms with Crippen LogP contribution in [0.2, 0.25) is 0 Å². The summed E-state index contributed by atoms with van der Waals surface area (Å²) in [7, 11) is 0. The molecule has 2 rings (SSSR count). The highest BCUT2D eigenvalue weighted by Crippen LogP contribution is 2.23. The van der Waals surface area contributed by atoms with Crippen LogP contribution in [0.5, 0.6) is 0 Å². The number of anilines is 1. The van der Waals surface area contributed by atoms with Crippen LogP contribution in [0.1, 0.15) is 32.3 Å². The van der Waals surface area contributed by atoms with E-state index in [0.29, 0.717) is 17.5 Å². The van der Waals surface area contributed by atoms with Crippen molar-refractivity contribution in [3.05, 3.63) is 29.6 Å². The smallest absolute Gasteiger partial charge is 0.128 e. The number of rotatable bonds is 4. The zero-order valence-electron chi connectivity index (χ0n) is 12.2. The summed E-state index contributed by atoms with van der Waals surface area (Å²) in [5, 5.41) is 3.46. The predicted octanol–water partition coefficient (Wildman–Crippen LogP) is 3.67. The number of benzene rings is 1. The lowest BCUT2D eigenvalue weighted by molar-refractivity contribution is 0.172. The molecule has 106 valence electrons. The third-order valence-electron chi connectivity index (χ3n) is 4.26. The Bertz CT molecular complexity index is 419. The maximum Gasteiger partial charge on any atom is 0.128 e. The summed E-state index contributed by atoms with van der Waals surface area (Å²) in [5.74, 6) is 0.522. The Morgan fingerprint density at radius 2 is 2.26 bits per heavy atom. The zero-order valence-corrected chi connectivity index (χ0v) is 12.2. The summed E-state index contributed by atoms with van der Waals surface area (Å²) < 4.78 is 13.5. The van der Waals surface area contributed by atoms with Crippen LogP contribution in [0.3, 0.4) is 0 Å². The molecule has 1 aromatic carbocycles. The van der Waals surface area contributed by atoms with Gasteiger partial charge < -0.3 is 10.2 Å². The van der Waals surface area contributed by atoms with Gasteiger partial charge in [-0.05, 0) is 63.4 Å². The second-order valence-electron chi connectivity index (χ2n) is 5.69. The number of hydrogen-bond acceptors (Lipinski definition) is 2. The van der Waals surface area contributed by atoms with Crippen molar-refractivity contribution in [1.82, 2.24) is 4.90 Å². The Kier molecular flexibility index (Phi) is 4.81. The van der Waals surface area contributed by atoms with Crippen LogP contribution < -0.4 is 5.32 Å². The van der Waals surface area contributed by atoms with Gasteiger partial charge in [-0.2, -0.15) is 0 Å². The van der Waals surface area contributed by atoms with E-state index >= 15 is 0 Å². The van der Waals surface area contributed by atoms with Crippen LogP contribution in [0, 0.1) is 18.7 Å². The first kappa shape index (κ1) is 14.3. The highest BCUT2D eigenvalue weighted by Gasteiger charge is 2.23. The molecule has 1 aromatic rings. The monoisotopic (exact) mass is 264 g/mol. The lowest BCUT2D eigenvalue weighted by Crippen LogP contribution is -2.41. The van der Waals surface area contributed by atoms with Crippen molar-refractivity contribution in [3.63, 3.8) is 0 Å². The maximum atomic E-state index is 13.5. The summed E-state index contributed by atoms with van der Waals surface area (Å²) in [5.41, 5.74) is 1.59. The Balaban J connectivity index is 1.96. The van der Waals surface area contributed by atoms with Gasteiger partial charge in [0.1, 0.15) is 5.82 Å². The summed E-state index contributed by atoms with van der Waals surface area (Å²) in [6.45, 7) is 9.72. The number of hydrogen-bond donors (Lipinski definition) is 1. The van der Waals surface area contributed by atoms with Crippen molar-refractivity contribution in [2.24, 2.45) is 5.92 Å². The van der Waals surface area contributed by atoms with Gasteiger partial charge in [-0.15, -0.1) is 0 Å². The molecule has 0 radical (unpaired) electrons. The summed E-state index contributed by atoms with van der Waals surface area (Å²) in [4.78, 5) is 2.50. The Hall–Kier alpha value is -1.09. The van der Waals surface area contributed by atoms with E-state index in [1.54, 1.807) is 13.0 Å². The molecule has 1 heterocycles. The lowest BCUT2D eigenvalue weighted by atomic mass is 9.91. The standard InChI is InChI=1S/C16H25FN2/c1-4-19-9-5-6-14(11-19)13(3)18-15-8-7-12(2)16(17)10-15/h7-8,10,13-14,18H,4-6,9,11H2,1-3H3. The Morgan fingerprint density at radius 1 is 1.47 bits per heavy atom. The molecule has 1 saturated heterocycles. The summed E-state index contributed by atoms with van der Waals surface area (Å²) in [6.07, 6.45) is 2.53. The van der Waals surface area contributed by atoms with Crippen molar-refractivity contribution in [2.75, 3.05) is 25.0 Å². The zero-order chi connectivity index (χ0) is 13.8. The molecule has 1 aliphatic rings. The van der Waals surface area contributed by atoms with E-state index in [4.69, 9.17) is 0 Å². The molecule has 1 fully saturated rings. The van der Waals surface area contributed by atoms with Gasteiger partial charge in [-0.25, -0.2) is 4.39 Å². The number of nitrogens with zero attached hydrogens (tertiary/aromatic N) is 1. The number of nitrogens with one attached hydrogen (secondary N) is 1. The van der Waals surface area contributed by atoms with Gasteiger partial charge in [-0.3, -0.25) is 0 Å². The Labute approximate surface area is 116 Å². The molecule has 3 heteroatoms. The number of likely N-dealkylation sites (tertiary alicyclic amines) is 1. The molecular weight excluding hydrogens is 239 g/mol. The van der Waals surface area contributed by atoms with Crippen molar-refractivity contribution in [1.29, 1.82) is 0 Å². The maximum absolute atomic E-state index is 13.5. The number of piperidine rings is 1.